The van der Waals surface area contributed by atoms with E-state index in [4.69, 9.17) is 9.47 Å². The van der Waals surface area contributed by atoms with Crippen molar-refractivity contribution in [3.63, 3.8) is 0 Å². The summed E-state index contributed by atoms with van der Waals surface area (Å²) in [4.78, 5) is 0.816. The Morgan fingerprint density at radius 1 is 1.29 bits per heavy atom. The Hall–Kier alpha value is -0.370. The van der Waals surface area contributed by atoms with Crippen molar-refractivity contribution in [2.24, 2.45) is 5.92 Å². The predicted molar refractivity (Wildman–Crippen MR) is 70.1 cm³/mol. The molecule has 0 aliphatic carbocycles. The topological polar surface area (TPSA) is 43.1 Å². The minimum atomic E-state index is -4.12. The molecular weight excluding hydrogens is 287 g/mol. The molecule has 2 aliphatic heterocycles. The highest BCUT2D eigenvalue weighted by molar-refractivity contribution is 4.70. The van der Waals surface area contributed by atoms with Crippen LogP contribution in [0.2, 0.25) is 0 Å². The van der Waals surface area contributed by atoms with Gasteiger partial charge >= 0.3 is 6.18 Å². The van der Waals surface area contributed by atoms with E-state index in [2.05, 4.69) is 0 Å². The van der Waals surface area contributed by atoms with Crippen LogP contribution >= 0.6 is 0 Å². The van der Waals surface area contributed by atoms with Crippen molar-refractivity contribution in [3.8, 4) is 0 Å². The lowest BCUT2D eigenvalue weighted by Gasteiger charge is -2.32. The summed E-state index contributed by atoms with van der Waals surface area (Å²) in [7, 11) is 0. The lowest BCUT2D eigenvalue weighted by Crippen LogP contribution is -3.15. The highest BCUT2D eigenvalue weighted by atomic mass is 19.4. The van der Waals surface area contributed by atoms with Crippen LogP contribution in [0.15, 0.2) is 0 Å². The first-order chi connectivity index (χ1) is 9.95. The van der Waals surface area contributed by atoms with Gasteiger partial charge in [-0.1, -0.05) is 0 Å². The number of hydrogen-bond acceptors (Lipinski definition) is 3. The van der Waals surface area contributed by atoms with E-state index in [1.54, 1.807) is 0 Å². The average Bonchev–Trinajstić information content (AvgIpc) is 2.91. The third-order valence-corrected chi connectivity index (χ3v) is 4.24. The second kappa shape index (κ2) is 7.76. The molecule has 0 amide bonds. The van der Waals surface area contributed by atoms with Crippen molar-refractivity contribution < 1.29 is 32.7 Å². The fourth-order valence-electron chi connectivity index (χ4n) is 3.12. The molecule has 0 aromatic carbocycles. The van der Waals surface area contributed by atoms with E-state index in [0.29, 0.717) is 26.1 Å². The molecule has 7 heteroatoms. The molecular formula is C14H25F3NO3+. The van der Waals surface area contributed by atoms with Crippen molar-refractivity contribution >= 4 is 0 Å². The number of quaternary nitrogens is 1. The Morgan fingerprint density at radius 2 is 2.10 bits per heavy atom. The molecule has 124 valence electrons. The summed E-state index contributed by atoms with van der Waals surface area (Å²) >= 11 is 0. The second-order valence-corrected chi connectivity index (χ2v) is 6.12. The summed E-state index contributed by atoms with van der Waals surface area (Å²) in [5.74, 6) is -1.23. The van der Waals surface area contributed by atoms with Gasteiger partial charge in [-0.05, 0) is 25.7 Å². The Bertz CT molecular complexity index is 308. The van der Waals surface area contributed by atoms with E-state index in [1.165, 1.54) is 0 Å². The highest BCUT2D eigenvalue weighted by Gasteiger charge is 2.44. The maximum Gasteiger partial charge on any atom is 0.397 e. The third kappa shape index (κ3) is 5.73. The van der Waals surface area contributed by atoms with Crippen LogP contribution in [-0.2, 0) is 9.47 Å². The summed E-state index contributed by atoms with van der Waals surface area (Å²) in [6, 6.07) is 0. The molecule has 4 nitrogen and oxygen atoms in total. The van der Waals surface area contributed by atoms with E-state index >= 15 is 0 Å². The van der Waals surface area contributed by atoms with E-state index in [9.17, 15) is 18.3 Å². The van der Waals surface area contributed by atoms with E-state index in [0.717, 1.165) is 24.3 Å². The van der Waals surface area contributed by atoms with Crippen LogP contribution in [-0.4, -0.2) is 62.9 Å². The molecule has 2 aliphatic rings. The van der Waals surface area contributed by atoms with Crippen LogP contribution < -0.4 is 4.90 Å². The fraction of sp³-hybridized carbons (Fsp3) is 1.00. The summed E-state index contributed by atoms with van der Waals surface area (Å²) in [6.45, 7) is 2.45. The van der Waals surface area contributed by atoms with Crippen molar-refractivity contribution in [2.75, 3.05) is 39.5 Å². The number of aliphatic hydroxyl groups is 1. The SMILES string of the molecule is O[C@H](COC[C@@H]1CCCO1)C[NH+]1CCC[C@H](C(F)(F)F)C1. The van der Waals surface area contributed by atoms with E-state index < -0.39 is 18.2 Å². The number of rotatable bonds is 6. The van der Waals surface area contributed by atoms with Gasteiger partial charge in [0, 0.05) is 6.61 Å². The zero-order chi connectivity index (χ0) is 15.3. The Balaban J connectivity index is 1.63. The number of alkyl halides is 3. The van der Waals surface area contributed by atoms with Gasteiger partial charge in [0.25, 0.3) is 0 Å². The normalized spacial score (nSPS) is 32.3. The Kier molecular flexibility index (Phi) is 6.28. The zero-order valence-corrected chi connectivity index (χ0v) is 12.2. The van der Waals surface area contributed by atoms with Crippen LogP contribution in [0.5, 0.6) is 0 Å². The smallest absolute Gasteiger partial charge is 0.385 e. The van der Waals surface area contributed by atoms with Gasteiger partial charge in [0.1, 0.15) is 18.6 Å². The first-order valence-corrected chi connectivity index (χ1v) is 7.73. The standard InChI is InChI=1S/C14H24F3NO3/c15-14(16,17)11-3-1-5-18(7-11)8-12(19)9-20-10-13-4-2-6-21-13/h11-13,19H,1-10H2/p+1/t11-,12-,13-/m0/s1. The number of hydrogen-bond donors (Lipinski definition) is 2. The van der Waals surface area contributed by atoms with Crippen molar-refractivity contribution in [2.45, 2.75) is 44.1 Å². The molecule has 1 unspecified atom stereocenters. The summed E-state index contributed by atoms with van der Waals surface area (Å²) in [5, 5.41) is 9.90. The van der Waals surface area contributed by atoms with Crippen LogP contribution in [0, 0.1) is 5.92 Å². The molecule has 0 aromatic heterocycles. The highest BCUT2D eigenvalue weighted by Crippen LogP contribution is 2.29. The average molecular weight is 312 g/mol. The fourth-order valence-corrected chi connectivity index (χ4v) is 3.12. The molecule has 21 heavy (non-hydrogen) atoms. The van der Waals surface area contributed by atoms with Gasteiger partial charge in [-0.3, -0.25) is 0 Å². The van der Waals surface area contributed by atoms with Crippen LogP contribution in [0.25, 0.3) is 0 Å². The second-order valence-electron chi connectivity index (χ2n) is 6.12. The van der Waals surface area contributed by atoms with Crippen LogP contribution in [0.3, 0.4) is 0 Å². The van der Waals surface area contributed by atoms with Crippen LogP contribution in [0.4, 0.5) is 13.2 Å². The van der Waals surface area contributed by atoms with E-state index in [-0.39, 0.29) is 25.7 Å². The van der Waals surface area contributed by atoms with Crippen molar-refractivity contribution in [1.82, 2.24) is 0 Å². The summed E-state index contributed by atoms with van der Waals surface area (Å²) in [5.41, 5.74) is 0. The molecule has 2 heterocycles. The summed E-state index contributed by atoms with van der Waals surface area (Å²) < 4.78 is 48.9. The molecule has 2 fully saturated rings. The quantitative estimate of drug-likeness (QED) is 0.746. The predicted octanol–water partition coefficient (Wildman–Crippen LogP) is 0.400. The lowest BCUT2D eigenvalue weighted by atomic mass is 9.97. The number of piperidine rings is 1. The monoisotopic (exact) mass is 312 g/mol. The number of ether oxygens (including phenoxy) is 2. The van der Waals surface area contributed by atoms with Crippen molar-refractivity contribution in [3.05, 3.63) is 0 Å². The minimum Gasteiger partial charge on any atom is -0.385 e. The van der Waals surface area contributed by atoms with Gasteiger partial charge in [0.2, 0.25) is 0 Å². The van der Waals surface area contributed by atoms with Crippen molar-refractivity contribution in [1.29, 1.82) is 0 Å². The zero-order valence-electron chi connectivity index (χ0n) is 12.2. The molecule has 0 radical (unpaired) electrons. The summed E-state index contributed by atoms with van der Waals surface area (Å²) in [6.07, 6.45) is -1.95. The van der Waals surface area contributed by atoms with Gasteiger partial charge in [-0.15, -0.1) is 0 Å². The van der Waals surface area contributed by atoms with Gasteiger partial charge in [0.05, 0.1) is 32.4 Å². The van der Waals surface area contributed by atoms with E-state index in [1.807, 2.05) is 0 Å². The molecule has 0 saturated carbocycles. The number of halogens is 3. The molecule has 0 bridgehead atoms. The maximum absolute atomic E-state index is 12.7. The van der Waals surface area contributed by atoms with Gasteiger partial charge in [0.15, 0.2) is 0 Å². The minimum absolute atomic E-state index is 0.0618. The maximum atomic E-state index is 12.7. The van der Waals surface area contributed by atoms with Gasteiger partial charge < -0.3 is 19.5 Å². The first-order valence-electron chi connectivity index (χ1n) is 7.73. The number of aliphatic hydroxyl groups excluding tert-OH is 1. The molecule has 0 spiro atoms. The van der Waals surface area contributed by atoms with Crippen LogP contribution in [0.1, 0.15) is 25.7 Å². The molecule has 0 aromatic rings. The van der Waals surface area contributed by atoms with Gasteiger partial charge in [-0.25, -0.2) is 0 Å². The third-order valence-electron chi connectivity index (χ3n) is 4.24. The molecule has 2 N–H and O–H groups in total. The Labute approximate surface area is 123 Å². The number of likely N-dealkylation sites (tertiary alicyclic amines) is 1. The lowest BCUT2D eigenvalue weighted by molar-refractivity contribution is -0.913. The largest absolute Gasteiger partial charge is 0.397 e. The molecule has 4 atom stereocenters. The number of nitrogens with one attached hydrogen (secondary N) is 1. The molecule has 2 saturated heterocycles. The Morgan fingerprint density at radius 3 is 2.76 bits per heavy atom. The molecule has 2 rings (SSSR count). The first kappa shape index (κ1) is 17.0. The van der Waals surface area contributed by atoms with Gasteiger partial charge in [-0.2, -0.15) is 13.2 Å².